The molecule has 0 radical (unpaired) electrons. The molecule has 7 heteroatoms. The molecule has 1 amide bonds. The summed E-state index contributed by atoms with van der Waals surface area (Å²) >= 11 is 2.99. The minimum absolute atomic E-state index is 0.143. The smallest absolute Gasteiger partial charge is 0.242 e. The first-order chi connectivity index (χ1) is 9.08. The van der Waals surface area contributed by atoms with Crippen LogP contribution < -0.4 is 5.32 Å². The Bertz CT molecular complexity index is 456. The van der Waals surface area contributed by atoms with Crippen LogP contribution in [0.3, 0.4) is 0 Å². The van der Waals surface area contributed by atoms with Gasteiger partial charge in [0.25, 0.3) is 0 Å². The molecule has 2 rings (SSSR count). The molecule has 0 unspecified atom stereocenters. The molecule has 0 bridgehead atoms. The number of hydrogen-bond acceptors (Lipinski definition) is 3. The average molecular weight is 335 g/mol. The van der Waals surface area contributed by atoms with E-state index in [0.717, 1.165) is 12.1 Å². The fraction of sp³-hybridized carbons (Fsp3) is 0.417. The third-order valence-corrected chi connectivity index (χ3v) is 3.24. The number of carbonyl (C=O) groups is 1. The van der Waals surface area contributed by atoms with Crippen LogP contribution in [0.1, 0.15) is 0 Å². The van der Waals surface area contributed by atoms with Gasteiger partial charge < -0.3 is 15.0 Å². The van der Waals surface area contributed by atoms with E-state index in [2.05, 4.69) is 21.2 Å². The van der Waals surface area contributed by atoms with Gasteiger partial charge in [-0.1, -0.05) is 15.9 Å². The zero-order valence-electron chi connectivity index (χ0n) is 10.1. The Morgan fingerprint density at radius 3 is 2.47 bits per heavy atom. The van der Waals surface area contributed by atoms with E-state index in [1.165, 1.54) is 0 Å². The SMILES string of the molecule is O=C(CNc1c(F)cc(Br)cc1F)N1CCOCC1. The van der Waals surface area contributed by atoms with E-state index >= 15 is 0 Å². The molecule has 1 fully saturated rings. The second-order valence-corrected chi connectivity index (χ2v) is 5.01. The lowest BCUT2D eigenvalue weighted by Gasteiger charge is -2.27. The fourth-order valence-corrected chi connectivity index (χ4v) is 2.20. The minimum Gasteiger partial charge on any atom is -0.378 e. The number of amides is 1. The predicted molar refractivity (Wildman–Crippen MR) is 69.9 cm³/mol. The molecule has 4 nitrogen and oxygen atoms in total. The lowest BCUT2D eigenvalue weighted by molar-refractivity contribution is -0.133. The van der Waals surface area contributed by atoms with Crippen molar-refractivity contribution >= 4 is 27.5 Å². The molecule has 19 heavy (non-hydrogen) atoms. The number of ether oxygens (including phenoxy) is 1. The first-order valence-electron chi connectivity index (χ1n) is 5.82. The maximum absolute atomic E-state index is 13.5. The molecule has 1 aromatic carbocycles. The van der Waals surface area contributed by atoms with Crippen molar-refractivity contribution in [1.29, 1.82) is 0 Å². The molecule has 1 N–H and O–H groups in total. The molecule has 1 heterocycles. The molecule has 104 valence electrons. The second-order valence-electron chi connectivity index (χ2n) is 4.09. The largest absolute Gasteiger partial charge is 0.378 e. The third kappa shape index (κ3) is 3.63. The van der Waals surface area contributed by atoms with Crippen molar-refractivity contribution in [1.82, 2.24) is 4.90 Å². The van der Waals surface area contributed by atoms with Gasteiger partial charge in [0, 0.05) is 17.6 Å². The van der Waals surface area contributed by atoms with Gasteiger partial charge in [-0.2, -0.15) is 0 Å². The highest BCUT2D eigenvalue weighted by Gasteiger charge is 2.18. The van der Waals surface area contributed by atoms with Crippen molar-refractivity contribution in [2.75, 3.05) is 38.2 Å². The predicted octanol–water partition coefficient (Wildman–Crippen LogP) is 2.00. The van der Waals surface area contributed by atoms with E-state index in [4.69, 9.17) is 4.74 Å². The Morgan fingerprint density at radius 1 is 1.32 bits per heavy atom. The van der Waals surface area contributed by atoms with Gasteiger partial charge in [-0.15, -0.1) is 0 Å². The maximum Gasteiger partial charge on any atom is 0.242 e. The molecule has 1 saturated heterocycles. The van der Waals surface area contributed by atoms with Gasteiger partial charge in [-0.05, 0) is 12.1 Å². The molecule has 0 spiro atoms. The lowest BCUT2D eigenvalue weighted by Crippen LogP contribution is -2.43. The summed E-state index contributed by atoms with van der Waals surface area (Å²) in [5, 5.41) is 2.50. The fourth-order valence-electron chi connectivity index (χ4n) is 1.80. The zero-order chi connectivity index (χ0) is 13.8. The van der Waals surface area contributed by atoms with E-state index < -0.39 is 11.6 Å². The maximum atomic E-state index is 13.5. The van der Waals surface area contributed by atoms with Crippen molar-refractivity contribution in [2.24, 2.45) is 0 Å². The molecule has 0 saturated carbocycles. The van der Waals surface area contributed by atoms with Crippen LogP contribution in [0.4, 0.5) is 14.5 Å². The Morgan fingerprint density at radius 2 is 1.89 bits per heavy atom. The Balaban J connectivity index is 1.96. The summed E-state index contributed by atoms with van der Waals surface area (Å²) in [4.78, 5) is 13.4. The summed E-state index contributed by atoms with van der Waals surface area (Å²) in [5.74, 6) is -1.67. The van der Waals surface area contributed by atoms with Crippen LogP contribution in [0.5, 0.6) is 0 Å². The highest BCUT2D eigenvalue weighted by molar-refractivity contribution is 9.10. The summed E-state index contributed by atoms with van der Waals surface area (Å²) in [6, 6.07) is 2.29. The standard InChI is InChI=1S/C12H13BrF2N2O2/c13-8-5-9(14)12(10(15)6-8)16-7-11(18)17-1-3-19-4-2-17/h5-6,16H,1-4,7H2. The molecule has 1 aliphatic heterocycles. The highest BCUT2D eigenvalue weighted by Crippen LogP contribution is 2.23. The molecule has 0 aromatic heterocycles. The van der Waals surface area contributed by atoms with Crippen LogP contribution >= 0.6 is 15.9 Å². The van der Waals surface area contributed by atoms with Gasteiger partial charge in [0.2, 0.25) is 5.91 Å². The number of halogens is 3. The number of benzene rings is 1. The molecule has 1 aromatic rings. The van der Waals surface area contributed by atoms with Gasteiger partial charge >= 0.3 is 0 Å². The molecule has 0 aliphatic carbocycles. The lowest BCUT2D eigenvalue weighted by atomic mass is 10.3. The number of nitrogens with zero attached hydrogens (tertiary/aromatic N) is 1. The monoisotopic (exact) mass is 334 g/mol. The minimum atomic E-state index is -0.735. The van der Waals surface area contributed by atoms with Gasteiger partial charge in [0.05, 0.1) is 19.8 Å². The van der Waals surface area contributed by atoms with Crippen molar-refractivity contribution in [3.63, 3.8) is 0 Å². The third-order valence-electron chi connectivity index (χ3n) is 2.79. The normalized spacial score (nSPS) is 15.4. The Hall–Kier alpha value is -1.21. The van der Waals surface area contributed by atoms with Gasteiger partial charge in [0.15, 0.2) is 0 Å². The van der Waals surface area contributed by atoms with E-state index in [-0.39, 0.29) is 18.1 Å². The van der Waals surface area contributed by atoms with Crippen LogP contribution in [0.25, 0.3) is 0 Å². The van der Waals surface area contributed by atoms with Crippen LogP contribution in [-0.4, -0.2) is 43.7 Å². The first-order valence-corrected chi connectivity index (χ1v) is 6.61. The Kier molecular flexibility index (Phi) is 4.71. The first kappa shape index (κ1) is 14.2. The number of nitrogens with one attached hydrogen (secondary N) is 1. The van der Waals surface area contributed by atoms with Crippen molar-refractivity contribution in [2.45, 2.75) is 0 Å². The summed E-state index contributed by atoms with van der Waals surface area (Å²) in [5.41, 5.74) is -0.287. The van der Waals surface area contributed by atoms with Crippen LogP contribution in [0.2, 0.25) is 0 Å². The van der Waals surface area contributed by atoms with E-state index in [9.17, 15) is 13.6 Å². The van der Waals surface area contributed by atoms with Crippen LogP contribution in [0, 0.1) is 11.6 Å². The molecular weight excluding hydrogens is 322 g/mol. The highest BCUT2D eigenvalue weighted by atomic mass is 79.9. The van der Waals surface area contributed by atoms with E-state index in [1.54, 1.807) is 4.90 Å². The number of morpholine rings is 1. The summed E-state index contributed by atoms with van der Waals surface area (Å²) < 4.78 is 32.5. The molecular formula is C12H13BrF2N2O2. The zero-order valence-corrected chi connectivity index (χ0v) is 11.7. The van der Waals surface area contributed by atoms with E-state index in [0.29, 0.717) is 30.8 Å². The number of carbonyl (C=O) groups excluding carboxylic acids is 1. The van der Waals surface area contributed by atoms with Crippen LogP contribution in [-0.2, 0) is 9.53 Å². The quantitative estimate of drug-likeness (QED) is 0.919. The number of hydrogen-bond donors (Lipinski definition) is 1. The van der Waals surface area contributed by atoms with Gasteiger partial charge in [-0.25, -0.2) is 8.78 Å². The molecule has 0 atom stereocenters. The van der Waals surface area contributed by atoms with E-state index in [1.807, 2.05) is 0 Å². The van der Waals surface area contributed by atoms with Crippen LogP contribution in [0.15, 0.2) is 16.6 Å². The second kappa shape index (κ2) is 6.29. The van der Waals surface area contributed by atoms with Crippen molar-refractivity contribution < 1.29 is 18.3 Å². The number of anilines is 1. The Labute approximate surface area is 117 Å². The topological polar surface area (TPSA) is 41.6 Å². The summed E-state index contributed by atoms with van der Waals surface area (Å²) in [6.45, 7) is 1.85. The van der Waals surface area contributed by atoms with Gasteiger partial charge in [-0.3, -0.25) is 4.79 Å². The summed E-state index contributed by atoms with van der Waals surface area (Å²) in [7, 11) is 0. The summed E-state index contributed by atoms with van der Waals surface area (Å²) in [6.07, 6.45) is 0. The molecule has 1 aliphatic rings. The number of rotatable bonds is 3. The van der Waals surface area contributed by atoms with Gasteiger partial charge in [0.1, 0.15) is 17.3 Å². The van der Waals surface area contributed by atoms with Crippen molar-refractivity contribution in [3.8, 4) is 0 Å². The van der Waals surface area contributed by atoms with Crippen molar-refractivity contribution in [3.05, 3.63) is 28.2 Å². The average Bonchev–Trinajstić information content (AvgIpc) is 2.38.